The number of hydrogen-bond donors (Lipinski definition) is 2. The van der Waals surface area contributed by atoms with E-state index in [0.29, 0.717) is 19.0 Å². The maximum atomic E-state index is 12.2. The van der Waals surface area contributed by atoms with Crippen LogP contribution in [-0.2, 0) is 11.3 Å². The van der Waals surface area contributed by atoms with Gasteiger partial charge in [-0.25, -0.2) is 0 Å². The van der Waals surface area contributed by atoms with E-state index in [0.717, 1.165) is 19.3 Å². The lowest BCUT2D eigenvalue weighted by Crippen LogP contribution is -2.39. The molecule has 0 aliphatic heterocycles. The van der Waals surface area contributed by atoms with Gasteiger partial charge in [-0.05, 0) is 44.4 Å². The molecule has 1 saturated carbocycles. The van der Waals surface area contributed by atoms with Gasteiger partial charge in [-0.3, -0.25) is 4.79 Å². The highest BCUT2D eigenvalue weighted by Gasteiger charge is 2.29. The predicted molar refractivity (Wildman–Crippen MR) is 75.4 cm³/mol. The van der Waals surface area contributed by atoms with Gasteiger partial charge in [0.2, 0.25) is 5.91 Å². The first kappa shape index (κ1) is 13.6. The molecule has 1 aliphatic carbocycles. The van der Waals surface area contributed by atoms with Crippen LogP contribution in [0.2, 0.25) is 0 Å². The van der Waals surface area contributed by atoms with Crippen LogP contribution in [0.25, 0.3) is 0 Å². The summed E-state index contributed by atoms with van der Waals surface area (Å²) in [7, 11) is 0. The van der Waals surface area contributed by atoms with Crippen molar-refractivity contribution < 1.29 is 4.79 Å². The molecule has 0 saturated heterocycles. The van der Waals surface area contributed by atoms with E-state index < -0.39 is 0 Å². The van der Waals surface area contributed by atoms with Gasteiger partial charge in [0.25, 0.3) is 0 Å². The number of carbonyl (C=O) groups is 1. The number of thiophene rings is 1. The van der Waals surface area contributed by atoms with Crippen molar-refractivity contribution in [1.29, 1.82) is 0 Å². The van der Waals surface area contributed by atoms with Gasteiger partial charge in [0.05, 0.1) is 6.54 Å². The van der Waals surface area contributed by atoms with Gasteiger partial charge in [0.1, 0.15) is 0 Å². The molecule has 2 rings (SSSR count). The average molecular weight is 266 g/mol. The summed E-state index contributed by atoms with van der Waals surface area (Å²) in [6.07, 6.45) is 4.48. The fourth-order valence-electron chi connectivity index (χ4n) is 2.72. The largest absolute Gasteiger partial charge is 0.351 e. The molecule has 1 heterocycles. The fourth-order valence-corrected chi connectivity index (χ4v) is 3.55. The second-order valence-corrected chi connectivity index (χ2v) is 6.49. The Morgan fingerprint density at radius 1 is 1.44 bits per heavy atom. The number of hydrogen-bond acceptors (Lipinski definition) is 3. The standard InChI is InChI=1S/C14H22N2OS/c1-10-6-7-12(18-10)9-16-14(17)13-5-3-2-4-11(13)8-15/h6-7,11,13H,2-5,8-9,15H2,1H3,(H,16,17). The number of amides is 1. The molecule has 18 heavy (non-hydrogen) atoms. The van der Waals surface area contributed by atoms with Gasteiger partial charge in [0, 0.05) is 15.7 Å². The van der Waals surface area contributed by atoms with Gasteiger partial charge < -0.3 is 11.1 Å². The molecule has 1 aromatic rings. The molecule has 2 unspecified atom stereocenters. The van der Waals surface area contributed by atoms with Crippen molar-refractivity contribution in [3.8, 4) is 0 Å². The zero-order valence-corrected chi connectivity index (χ0v) is 11.8. The van der Waals surface area contributed by atoms with E-state index in [1.165, 1.54) is 16.2 Å². The predicted octanol–water partition coefficient (Wildman–Crippen LogP) is 2.44. The number of aryl methyl sites for hydroxylation is 1. The minimum Gasteiger partial charge on any atom is -0.351 e. The molecule has 4 heteroatoms. The molecule has 0 spiro atoms. The number of carbonyl (C=O) groups excluding carboxylic acids is 1. The molecule has 2 atom stereocenters. The molecule has 0 bridgehead atoms. The van der Waals surface area contributed by atoms with E-state index in [2.05, 4.69) is 24.4 Å². The van der Waals surface area contributed by atoms with Crippen LogP contribution in [0.15, 0.2) is 12.1 Å². The molecule has 100 valence electrons. The summed E-state index contributed by atoms with van der Waals surface area (Å²) >= 11 is 1.74. The third kappa shape index (κ3) is 3.33. The lowest BCUT2D eigenvalue weighted by atomic mass is 9.79. The Kier molecular flexibility index (Phi) is 4.78. The second kappa shape index (κ2) is 6.34. The van der Waals surface area contributed by atoms with Crippen LogP contribution in [0.4, 0.5) is 0 Å². The molecule has 1 amide bonds. The number of rotatable bonds is 4. The van der Waals surface area contributed by atoms with Gasteiger partial charge in [-0.15, -0.1) is 11.3 Å². The van der Waals surface area contributed by atoms with Crippen molar-refractivity contribution in [2.45, 2.75) is 39.2 Å². The Hall–Kier alpha value is -0.870. The van der Waals surface area contributed by atoms with Crippen LogP contribution in [0.5, 0.6) is 0 Å². The first-order valence-electron chi connectivity index (χ1n) is 6.74. The molecule has 3 N–H and O–H groups in total. The average Bonchev–Trinajstić information content (AvgIpc) is 2.81. The molecule has 3 nitrogen and oxygen atoms in total. The first-order valence-corrected chi connectivity index (χ1v) is 7.55. The second-order valence-electron chi connectivity index (χ2n) is 5.12. The SMILES string of the molecule is Cc1ccc(CNC(=O)C2CCCCC2CN)s1. The third-order valence-electron chi connectivity index (χ3n) is 3.78. The Bertz CT molecular complexity index is 402. The van der Waals surface area contributed by atoms with E-state index in [-0.39, 0.29) is 11.8 Å². The molecular weight excluding hydrogens is 244 g/mol. The summed E-state index contributed by atoms with van der Waals surface area (Å²) in [5.41, 5.74) is 5.76. The van der Waals surface area contributed by atoms with Gasteiger partial charge in [-0.2, -0.15) is 0 Å². The monoisotopic (exact) mass is 266 g/mol. The van der Waals surface area contributed by atoms with Crippen molar-refractivity contribution in [2.75, 3.05) is 6.54 Å². The topological polar surface area (TPSA) is 55.1 Å². The lowest BCUT2D eigenvalue weighted by Gasteiger charge is -2.29. The molecule has 0 aromatic carbocycles. The van der Waals surface area contributed by atoms with Crippen LogP contribution in [0, 0.1) is 18.8 Å². The van der Waals surface area contributed by atoms with Crippen LogP contribution in [0.3, 0.4) is 0 Å². The highest BCUT2D eigenvalue weighted by molar-refractivity contribution is 7.11. The van der Waals surface area contributed by atoms with Gasteiger partial charge in [-0.1, -0.05) is 12.8 Å². The van der Waals surface area contributed by atoms with Crippen LogP contribution in [-0.4, -0.2) is 12.5 Å². The summed E-state index contributed by atoms with van der Waals surface area (Å²) in [6, 6.07) is 4.18. The van der Waals surface area contributed by atoms with E-state index in [1.807, 2.05) is 0 Å². The van der Waals surface area contributed by atoms with Crippen molar-refractivity contribution in [2.24, 2.45) is 17.6 Å². The van der Waals surface area contributed by atoms with E-state index >= 15 is 0 Å². The summed E-state index contributed by atoms with van der Waals surface area (Å²) in [4.78, 5) is 14.7. The van der Waals surface area contributed by atoms with Crippen LogP contribution in [0.1, 0.15) is 35.4 Å². The number of nitrogens with one attached hydrogen (secondary N) is 1. The van der Waals surface area contributed by atoms with Crippen LogP contribution < -0.4 is 11.1 Å². The molecule has 1 aromatic heterocycles. The molecular formula is C14H22N2OS. The minimum absolute atomic E-state index is 0.129. The van der Waals surface area contributed by atoms with Crippen molar-refractivity contribution in [1.82, 2.24) is 5.32 Å². The third-order valence-corrected chi connectivity index (χ3v) is 4.78. The van der Waals surface area contributed by atoms with E-state index in [1.54, 1.807) is 11.3 Å². The van der Waals surface area contributed by atoms with Gasteiger partial charge >= 0.3 is 0 Å². The van der Waals surface area contributed by atoms with E-state index in [9.17, 15) is 4.79 Å². The van der Waals surface area contributed by atoms with Crippen LogP contribution >= 0.6 is 11.3 Å². The first-order chi connectivity index (χ1) is 8.70. The highest BCUT2D eigenvalue weighted by atomic mass is 32.1. The quantitative estimate of drug-likeness (QED) is 0.879. The Labute approximate surface area is 113 Å². The number of nitrogens with two attached hydrogens (primary N) is 1. The van der Waals surface area contributed by atoms with Crippen molar-refractivity contribution in [3.05, 3.63) is 21.9 Å². The summed E-state index contributed by atoms with van der Waals surface area (Å²) < 4.78 is 0. The highest BCUT2D eigenvalue weighted by Crippen LogP contribution is 2.29. The molecule has 0 radical (unpaired) electrons. The smallest absolute Gasteiger partial charge is 0.223 e. The Balaban J connectivity index is 1.86. The summed E-state index contributed by atoms with van der Waals surface area (Å²) in [5.74, 6) is 0.699. The Morgan fingerprint density at radius 3 is 2.89 bits per heavy atom. The van der Waals surface area contributed by atoms with Gasteiger partial charge in [0.15, 0.2) is 0 Å². The lowest BCUT2D eigenvalue weighted by molar-refractivity contribution is -0.127. The molecule has 1 aliphatic rings. The minimum atomic E-state index is 0.129. The van der Waals surface area contributed by atoms with Crippen molar-refractivity contribution in [3.63, 3.8) is 0 Å². The normalized spacial score (nSPS) is 23.9. The maximum absolute atomic E-state index is 12.2. The Morgan fingerprint density at radius 2 is 2.22 bits per heavy atom. The summed E-state index contributed by atoms with van der Waals surface area (Å²) in [6.45, 7) is 3.38. The maximum Gasteiger partial charge on any atom is 0.223 e. The summed E-state index contributed by atoms with van der Waals surface area (Å²) in [5, 5.41) is 3.06. The molecule has 1 fully saturated rings. The van der Waals surface area contributed by atoms with Crippen molar-refractivity contribution >= 4 is 17.2 Å². The zero-order valence-electron chi connectivity index (χ0n) is 10.9. The zero-order chi connectivity index (χ0) is 13.0. The van der Waals surface area contributed by atoms with E-state index in [4.69, 9.17) is 5.73 Å². The fraction of sp³-hybridized carbons (Fsp3) is 0.643.